The Hall–Kier alpha value is -4.30. The molecule has 0 amide bonds. The molecule has 0 atom stereocenters. The van der Waals surface area contributed by atoms with Gasteiger partial charge in [0.2, 0.25) is 0 Å². The van der Waals surface area contributed by atoms with Gasteiger partial charge >= 0.3 is 5.97 Å². The lowest BCUT2D eigenvalue weighted by molar-refractivity contribution is -0.132. The summed E-state index contributed by atoms with van der Waals surface area (Å²) in [5.74, 6) is -1.22. The number of carboxylic acid groups (broad SMARTS) is 1. The summed E-state index contributed by atoms with van der Waals surface area (Å²) in [4.78, 5) is 11.4. The molecule has 0 saturated heterocycles. The monoisotopic (exact) mass is 461 g/mol. The fourth-order valence-corrected chi connectivity index (χ4v) is 4.96. The van der Waals surface area contributed by atoms with Gasteiger partial charge in [0, 0.05) is 51.2 Å². The Labute approximate surface area is 204 Å². The highest BCUT2D eigenvalue weighted by Gasteiger charge is 2.15. The number of benzene rings is 3. The smallest absolute Gasteiger partial charge is 0.346 e. The summed E-state index contributed by atoms with van der Waals surface area (Å²) in [5, 5.41) is 21.9. The van der Waals surface area contributed by atoms with Gasteiger partial charge in [-0.05, 0) is 42.8 Å². The summed E-state index contributed by atoms with van der Waals surface area (Å²) in [6.07, 6.45) is 8.23. The number of nitriles is 1. The van der Waals surface area contributed by atoms with Crippen LogP contribution in [0.1, 0.15) is 38.2 Å². The number of hydrogen-bond donors (Lipinski definition) is 1. The highest BCUT2D eigenvalue weighted by Crippen LogP contribution is 2.33. The lowest BCUT2D eigenvalue weighted by atomic mass is 10.1. The quantitative estimate of drug-likeness (QED) is 0.150. The van der Waals surface area contributed by atoms with Crippen molar-refractivity contribution in [3.05, 3.63) is 84.1 Å². The second kappa shape index (κ2) is 9.52. The lowest BCUT2D eigenvalue weighted by Gasteiger charge is -2.09. The molecule has 2 aromatic heterocycles. The molecule has 174 valence electrons. The molecule has 0 aliphatic carbocycles. The molecule has 5 aromatic rings. The first-order valence-electron chi connectivity index (χ1n) is 12.1. The summed E-state index contributed by atoms with van der Waals surface area (Å²) in [5.41, 5.74) is 4.85. The number of fused-ring (bicyclic) bond motifs is 4. The number of nitrogens with zero attached hydrogens (tertiary/aromatic N) is 3. The van der Waals surface area contributed by atoms with E-state index < -0.39 is 5.97 Å². The van der Waals surface area contributed by atoms with Gasteiger partial charge in [-0.1, -0.05) is 62.6 Å². The third-order valence-corrected chi connectivity index (χ3v) is 6.66. The number of para-hydroxylation sites is 2. The van der Waals surface area contributed by atoms with Gasteiger partial charge in [0.15, 0.2) is 0 Å². The summed E-state index contributed by atoms with van der Waals surface area (Å²) < 4.78 is 4.50. The molecule has 0 aliphatic rings. The van der Waals surface area contributed by atoms with Crippen LogP contribution in [0.25, 0.3) is 44.5 Å². The molecule has 5 rings (SSSR count). The number of aryl methyl sites for hydroxylation is 1. The van der Waals surface area contributed by atoms with E-state index in [1.165, 1.54) is 47.1 Å². The van der Waals surface area contributed by atoms with Gasteiger partial charge in [0.05, 0.1) is 5.52 Å². The minimum Gasteiger partial charge on any atom is -0.477 e. The van der Waals surface area contributed by atoms with Crippen molar-refractivity contribution in [3.63, 3.8) is 0 Å². The first-order chi connectivity index (χ1) is 17.1. The standard InChI is InChI=1S/C30H27N3O2/c1-2-3-4-9-16-32-28-13-8-6-11-25(28)26-18-23(14-15-29(26)32)33-20-22(17-21(19-31)30(34)35)24-10-5-7-12-27(24)33/h5-8,10-15,17-18,20H,2-4,9,16H2,1H3,(H,34,35)/b21-17+. The number of aromatic nitrogens is 2. The van der Waals surface area contributed by atoms with Crippen LogP contribution in [0.2, 0.25) is 0 Å². The fraction of sp³-hybridized carbons (Fsp3) is 0.200. The third-order valence-electron chi connectivity index (χ3n) is 6.66. The van der Waals surface area contributed by atoms with Gasteiger partial charge < -0.3 is 14.2 Å². The zero-order valence-electron chi connectivity index (χ0n) is 19.7. The summed E-state index contributed by atoms with van der Waals surface area (Å²) in [7, 11) is 0. The van der Waals surface area contributed by atoms with Crippen LogP contribution in [0.3, 0.4) is 0 Å². The Morgan fingerprint density at radius 1 is 0.914 bits per heavy atom. The van der Waals surface area contributed by atoms with E-state index in [-0.39, 0.29) is 5.57 Å². The molecule has 5 heteroatoms. The van der Waals surface area contributed by atoms with E-state index in [4.69, 9.17) is 0 Å². The Balaban J connectivity index is 1.66. The Kier molecular flexibility index (Phi) is 6.12. The molecule has 1 N–H and O–H groups in total. The number of unbranched alkanes of at least 4 members (excludes halogenated alkanes) is 3. The Morgan fingerprint density at radius 2 is 1.63 bits per heavy atom. The van der Waals surface area contributed by atoms with Crippen LogP contribution in [-0.2, 0) is 11.3 Å². The van der Waals surface area contributed by atoms with Crippen molar-refractivity contribution in [1.82, 2.24) is 9.13 Å². The number of hydrogen-bond acceptors (Lipinski definition) is 2. The minimum atomic E-state index is -1.22. The molecule has 0 fully saturated rings. The minimum absolute atomic E-state index is 0.283. The van der Waals surface area contributed by atoms with E-state index in [2.05, 4.69) is 58.5 Å². The average Bonchev–Trinajstić information content (AvgIpc) is 3.40. The SMILES string of the molecule is CCCCCCn1c2ccccc2c2cc(-n3cc(/C=C(\C#N)C(=O)O)c4ccccc43)ccc21. The maximum atomic E-state index is 11.4. The maximum Gasteiger partial charge on any atom is 0.346 e. The zero-order valence-corrected chi connectivity index (χ0v) is 19.7. The maximum absolute atomic E-state index is 11.4. The van der Waals surface area contributed by atoms with Crippen molar-refractivity contribution >= 4 is 44.8 Å². The molecule has 5 nitrogen and oxygen atoms in total. The zero-order chi connectivity index (χ0) is 24.4. The number of carboxylic acids is 1. The normalized spacial score (nSPS) is 11.9. The van der Waals surface area contributed by atoms with Crippen LogP contribution in [0.15, 0.2) is 78.5 Å². The number of rotatable bonds is 8. The van der Waals surface area contributed by atoms with Crippen molar-refractivity contribution in [3.8, 4) is 11.8 Å². The third kappa shape index (κ3) is 4.08. The molecule has 0 bridgehead atoms. The second-order valence-electron chi connectivity index (χ2n) is 8.88. The van der Waals surface area contributed by atoms with E-state index in [9.17, 15) is 15.2 Å². The molecular formula is C30H27N3O2. The molecule has 0 spiro atoms. The molecule has 0 aliphatic heterocycles. The number of carbonyl (C=O) groups is 1. The Morgan fingerprint density at radius 3 is 2.37 bits per heavy atom. The fourth-order valence-electron chi connectivity index (χ4n) is 4.96. The van der Waals surface area contributed by atoms with Gasteiger partial charge in [-0.25, -0.2) is 4.79 Å². The predicted octanol–water partition coefficient (Wildman–Crippen LogP) is 7.31. The van der Waals surface area contributed by atoms with Gasteiger partial charge in [0.25, 0.3) is 0 Å². The molecule has 0 radical (unpaired) electrons. The van der Waals surface area contributed by atoms with Crippen LogP contribution >= 0.6 is 0 Å². The van der Waals surface area contributed by atoms with Gasteiger partial charge in [-0.15, -0.1) is 0 Å². The van der Waals surface area contributed by atoms with E-state index in [1.807, 2.05) is 30.5 Å². The molecule has 2 heterocycles. The van der Waals surface area contributed by atoms with Crippen LogP contribution < -0.4 is 0 Å². The van der Waals surface area contributed by atoms with E-state index in [1.54, 1.807) is 6.07 Å². The van der Waals surface area contributed by atoms with Crippen molar-refractivity contribution in [2.45, 2.75) is 39.2 Å². The van der Waals surface area contributed by atoms with Crippen molar-refractivity contribution in [2.24, 2.45) is 0 Å². The first kappa shape index (κ1) is 22.5. The van der Waals surface area contributed by atoms with Crippen LogP contribution in [-0.4, -0.2) is 20.2 Å². The van der Waals surface area contributed by atoms with Crippen molar-refractivity contribution < 1.29 is 9.90 Å². The van der Waals surface area contributed by atoms with Gasteiger partial charge in [-0.3, -0.25) is 0 Å². The summed E-state index contributed by atoms with van der Waals surface area (Å²) >= 11 is 0. The molecule has 0 unspecified atom stereocenters. The van der Waals surface area contributed by atoms with Gasteiger partial charge in [0.1, 0.15) is 11.6 Å². The summed E-state index contributed by atoms with van der Waals surface area (Å²) in [6, 6.07) is 24.7. The molecular weight excluding hydrogens is 434 g/mol. The number of aliphatic carboxylic acids is 1. The molecule has 35 heavy (non-hydrogen) atoms. The second-order valence-corrected chi connectivity index (χ2v) is 8.88. The van der Waals surface area contributed by atoms with E-state index >= 15 is 0 Å². The van der Waals surface area contributed by atoms with Crippen LogP contribution in [0.5, 0.6) is 0 Å². The van der Waals surface area contributed by atoms with Crippen LogP contribution in [0.4, 0.5) is 0 Å². The van der Waals surface area contributed by atoms with Gasteiger partial charge in [-0.2, -0.15) is 5.26 Å². The topological polar surface area (TPSA) is 71.0 Å². The lowest BCUT2D eigenvalue weighted by Crippen LogP contribution is -1.98. The predicted molar refractivity (Wildman–Crippen MR) is 142 cm³/mol. The molecule has 3 aromatic carbocycles. The Bertz CT molecular complexity index is 1630. The van der Waals surface area contributed by atoms with E-state index in [0.29, 0.717) is 5.56 Å². The largest absolute Gasteiger partial charge is 0.477 e. The first-order valence-corrected chi connectivity index (χ1v) is 12.1. The highest BCUT2D eigenvalue weighted by molar-refractivity contribution is 6.09. The highest BCUT2D eigenvalue weighted by atomic mass is 16.4. The van der Waals surface area contributed by atoms with Crippen molar-refractivity contribution in [2.75, 3.05) is 0 Å². The van der Waals surface area contributed by atoms with Crippen LogP contribution in [0, 0.1) is 11.3 Å². The van der Waals surface area contributed by atoms with Crippen molar-refractivity contribution in [1.29, 1.82) is 5.26 Å². The molecule has 0 saturated carbocycles. The summed E-state index contributed by atoms with van der Waals surface area (Å²) in [6.45, 7) is 3.23. The average molecular weight is 462 g/mol. The van der Waals surface area contributed by atoms with E-state index in [0.717, 1.165) is 29.6 Å².